The number of benzene rings is 5. The van der Waals surface area contributed by atoms with Crippen LogP contribution in [0.3, 0.4) is 0 Å². The van der Waals surface area contributed by atoms with Crippen molar-refractivity contribution < 1.29 is 14.7 Å². The molecule has 2 aromatic heterocycles. The van der Waals surface area contributed by atoms with Crippen LogP contribution in [0.1, 0.15) is 54.1 Å². The van der Waals surface area contributed by atoms with Crippen molar-refractivity contribution in [3.8, 4) is 33.8 Å². The highest BCUT2D eigenvalue weighted by atomic mass is 16.4. The van der Waals surface area contributed by atoms with Gasteiger partial charge in [-0.15, -0.1) is 0 Å². The van der Waals surface area contributed by atoms with Crippen LogP contribution in [-0.4, -0.2) is 42.5 Å². The van der Waals surface area contributed by atoms with Crippen molar-refractivity contribution in [1.82, 2.24) is 24.8 Å². The summed E-state index contributed by atoms with van der Waals surface area (Å²) < 4.78 is 2.32. The van der Waals surface area contributed by atoms with E-state index in [9.17, 15) is 14.7 Å². The van der Waals surface area contributed by atoms with Gasteiger partial charge in [-0.25, -0.2) is 14.8 Å². The van der Waals surface area contributed by atoms with Gasteiger partial charge in [-0.1, -0.05) is 104 Å². The lowest BCUT2D eigenvalue weighted by Crippen LogP contribution is -2.42. The molecule has 1 fully saturated rings. The lowest BCUT2D eigenvalue weighted by atomic mass is 9.94. The van der Waals surface area contributed by atoms with E-state index in [-0.39, 0.29) is 12.5 Å². The summed E-state index contributed by atoms with van der Waals surface area (Å²) in [5.41, 5.74) is 9.32. The monoisotopic (exact) mass is 671 g/mol. The molecule has 1 aliphatic rings. The second-order valence-corrected chi connectivity index (χ2v) is 13.3. The van der Waals surface area contributed by atoms with Crippen LogP contribution in [0, 0.1) is 0 Å². The summed E-state index contributed by atoms with van der Waals surface area (Å²) in [7, 11) is 0. The molecule has 8 heteroatoms. The van der Waals surface area contributed by atoms with Gasteiger partial charge in [-0.2, -0.15) is 0 Å². The molecular weight excluding hydrogens is 635 g/mol. The number of hydrogen-bond donors (Lipinski definition) is 2. The molecule has 1 saturated carbocycles. The summed E-state index contributed by atoms with van der Waals surface area (Å²) in [6.45, 7) is 0. The number of nitrogens with zero attached hydrogens (tertiary/aromatic N) is 4. The molecule has 0 radical (unpaired) electrons. The molecule has 0 aliphatic heterocycles. The van der Waals surface area contributed by atoms with Gasteiger partial charge in [-0.05, 0) is 65.9 Å². The van der Waals surface area contributed by atoms with Gasteiger partial charge in [0.15, 0.2) is 0 Å². The molecule has 5 aromatic carbocycles. The van der Waals surface area contributed by atoms with Gasteiger partial charge >= 0.3 is 5.97 Å². The predicted octanol–water partition coefficient (Wildman–Crippen LogP) is 8.91. The number of fused-ring (bicyclic) bond motifs is 2. The first-order chi connectivity index (χ1) is 25.0. The molecule has 51 heavy (non-hydrogen) atoms. The Morgan fingerprint density at radius 2 is 1.39 bits per heavy atom. The maximum Gasteiger partial charge on any atom is 0.326 e. The highest BCUT2D eigenvalue weighted by Gasteiger charge is 2.25. The largest absolute Gasteiger partial charge is 0.480 e. The Labute approximate surface area is 295 Å². The Balaban J connectivity index is 1.08. The summed E-state index contributed by atoms with van der Waals surface area (Å²) in [5, 5.41) is 12.8. The van der Waals surface area contributed by atoms with Gasteiger partial charge in [0.2, 0.25) is 0 Å². The van der Waals surface area contributed by atoms with E-state index in [0.29, 0.717) is 11.1 Å². The molecule has 0 spiro atoms. The third kappa shape index (κ3) is 6.73. The van der Waals surface area contributed by atoms with E-state index in [0.717, 1.165) is 81.6 Å². The van der Waals surface area contributed by atoms with Crippen molar-refractivity contribution in [2.75, 3.05) is 0 Å². The standard InChI is InChI=1S/C43H37N5O3/c49-42(47-38(43(50)51)24-28-16-18-30(19-17-28)29-10-4-1-5-11-29)33-21-23-40-37(26-33)46-41(48(40)34-14-8-3-9-15-34)32-20-22-35-36(25-32)44-27-39(45-35)31-12-6-2-7-13-31/h1-2,4-7,10-13,16-23,25-27,34,38H,3,8-9,14-15,24H2,(H,47,49)(H,50,51)/t38-/m0/s1. The number of carboxylic acids is 1. The number of aromatic nitrogens is 4. The SMILES string of the molecule is O=C(N[C@@H](Cc1ccc(-c2ccccc2)cc1)C(=O)O)c1ccc2c(c1)nc(-c1ccc3nc(-c4ccccc4)cnc3c1)n2C1CCCCC1. The third-order valence-corrected chi connectivity index (χ3v) is 9.87. The number of imidazole rings is 1. The quantitative estimate of drug-likeness (QED) is 0.159. The minimum Gasteiger partial charge on any atom is -0.480 e. The predicted molar refractivity (Wildman–Crippen MR) is 200 cm³/mol. The maximum absolute atomic E-state index is 13.5. The molecule has 252 valence electrons. The smallest absolute Gasteiger partial charge is 0.326 e. The second-order valence-electron chi connectivity index (χ2n) is 13.3. The van der Waals surface area contributed by atoms with Gasteiger partial charge in [0.25, 0.3) is 5.91 Å². The Morgan fingerprint density at radius 3 is 2.12 bits per heavy atom. The van der Waals surface area contributed by atoms with E-state index in [2.05, 4.69) is 9.88 Å². The summed E-state index contributed by atoms with van der Waals surface area (Å²) in [5.74, 6) is -0.711. The Hall–Kier alpha value is -6.15. The van der Waals surface area contributed by atoms with Crippen LogP contribution in [0.2, 0.25) is 0 Å². The summed E-state index contributed by atoms with van der Waals surface area (Å²) in [6.07, 6.45) is 7.61. The molecule has 1 atom stereocenters. The summed E-state index contributed by atoms with van der Waals surface area (Å²) >= 11 is 0. The number of carbonyl (C=O) groups excluding carboxylic acids is 1. The number of hydrogen-bond acceptors (Lipinski definition) is 5. The first kappa shape index (κ1) is 32.1. The van der Waals surface area contributed by atoms with Gasteiger partial charge in [0.1, 0.15) is 11.9 Å². The van der Waals surface area contributed by atoms with Crippen LogP contribution in [0.15, 0.2) is 128 Å². The van der Waals surface area contributed by atoms with Crippen LogP contribution in [0.25, 0.3) is 55.8 Å². The molecule has 8 rings (SSSR count). The molecule has 1 amide bonds. The Kier molecular flexibility index (Phi) is 8.80. The van der Waals surface area contributed by atoms with Crippen LogP contribution in [-0.2, 0) is 11.2 Å². The molecule has 8 nitrogen and oxygen atoms in total. The van der Waals surface area contributed by atoms with E-state index >= 15 is 0 Å². The van der Waals surface area contributed by atoms with Gasteiger partial charge < -0.3 is 15.0 Å². The zero-order chi connectivity index (χ0) is 34.7. The number of carbonyl (C=O) groups is 2. The van der Waals surface area contributed by atoms with Crippen molar-refractivity contribution in [1.29, 1.82) is 0 Å². The minimum absolute atomic E-state index is 0.163. The maximum atomic E-state index is 13.5. The number of amides is 1. The van der Waals surface area contributed by atoms with Gasteiger partial charge in [0, 0.05) is 29.2 Å². The van der Waals surface area contributed by atoms with Gasteiger partial charge in [0.05, 0.1) is 34.0 Å². The molecule has 7 aromatic rings. The number of nitrogens with one attached hydrogen (secondary N) is 1. The fourth-order valence-corrected chi connectivity index (χ4v) is 7.19. The highest BCUT2D eigenvalue weighted by molar-refractivity contribution is 5.99. The zero-order valence-corrected chi connectivity index (χ0v) is 28.1. The Morgan fingerprint density at radius 1 is 0.706 bits per heavy atom. The minimum atomic E-state index is -1.09. The highest BCUT2D eigenvalue weighted by Crippen LogP contribution is 2.37. The lowest BCUT2D eigenvalue weighted by Gasteiger charge is -2.25. The van der Waals surface area contributed by atoms with E-state index in [1.807, 2.05) is 109 Å². The van der Waals surface area contributed by atoms with Crippen molar-refractivity contribution >= 4 is 33.9 Å². The first-order valence-electron chi connectivity index (χ1n) is 17.5. The normalized spacial score (nSPS) is 14.0. The summed E-state index contributed by atoms with van der Waals surface area (Å²) in [6, 6.07) is 38.6. The van der Waals surface area contributed by atoms with Gasteiger partial charge in [-0.3, -0.25) is 9.78 Å². The molecular formula is C43H37N5O3. The van der Waals surface area contributed by atoms with Crippen molar-refractivity contribution in [3.63, 3.8) is 0 Å². The Bertz CT molecular complexity index is 2350. The molecule has 0 saturated heterocycles. The molecule has 1 aliphatic carbocycles. The fraction of sp³-hybridized carbons (Fsp3) is 0.186. The molecule has 0 unspecified atom stereocenters. The number of carboxylic acid groups (broad SMARTS) is 1. The zero-order valence-electron chi connectivity index (χ0n) is 28.1. The van der Waals surface area contributed by atoms with E-state index in [1.54, 1.807) is 18.3 Å². The molecule has 2 N–H and O–H groups in total. The lowest BCUT2D eigenvalue weighted by molar-refractivity contribution is -0.139. The van der Waals surface area contributed by atoms with Crippen LogP contribution in [0.5, 0.6) is 0 Å². The fourth-order valence-electron chi connectivity index (χ4n) is 7.19. The molecule has 2 heterocycles. The van der Waals surface area contributed by atoms with Crippen molar-refractivity contribution in [3.05, 3.63) is 139 Å². The van der Waals surface area contributed by atoms with Crippen LogP contribution in [0.4, 0.5) is 0 Å². The van der Waals surface area contributed by atoms with Crippen LogP contribution >= 0.6 is 0 Å². The topological polar surface area (TPSA) is 110 Å². The van der Waals surface area contributed by atoms with E-state index < -0.39 is 17.9 Å². The molecule has 0 bridgehead atoms. The van der Waals surface area contributed by atoms with Crippen LogP contribution < -0.4 is 5.32 Å². The average molecular weight is 672 g/mol. The number of aliphatic carboxylic acids is 1. The van der Waals surface area contributed by atoms with Crippen molar-refractivity contribution in [2.45, 2.75) is 50.6 Å². The van der Waals surface area contributed by atoms with E-state index in [1.165, 1.54) is 6.42 Å². The summed E-state index contributed by atoms with van der Waals surface area (Å²) in [4.78, 5) is 40.6. The van der Waals surface area contributed by atoms with Crippen molar-refractivity contribution in [2.24, 2.45) is 0 Å². The second kappa shape index (κ2) is 14.0. The third-order valence-electron chi connectivity index (χ3n) is 9.87. The average Bonchev–Trinajstić information content (AvgIpc) is 3.57. The first-order valence-corrected chi connectivity index (χ1v) is 17.5. The van der Waals surface area contributed by atoms with E-state index in [4.69, 9.17) is 15.0 Å². The number of rotatable bonds is 9.